The van der Waals surface area contributed by atoms with E-state index in [-0.39, 0.29) is 11.9 Å². The molecule has 4 nitrogen and oxygen atoms in total. The molecule has 0 spiro atoms. The fourth-order valence-electron chi connectivity index (χ4n) is 3.54. The molecule has 2 aromatic rings. The Morgan fingerprint density at radius 3 is 2.78 bits per heavy atom. The number of hydrogen-bond acceptors (Lipinski definition) is 3. The normalized spacial score (nSPS) is 17.4. The van der Waals surface area contributed by atoms with E-state index in [4.69, 9.17) is 4.52 Å². The van der Waals surface area contributed by atoms with Gasteiger partial charge in [-0.2, -0.15) is 0 Å². The first-order valence-corrected chi connectivity index (χ1v) is 8.27. The average molecular weight is 312 g/mol. The van der Waals surface area contributed by atoms with Crippen LogP contribution in [0.4, 0.5) is 0 Å². The lowest BCUT2D eigenvalue weighted by Gasteiger charge is -2.40. The molecule has 4 heteroatoms. The summed E-state index contributed by atoms with van der Waals surface area (Å²) in [5.74, 6) is 1.25. The lowest BCUT2D eigenvalue weighted by Crippen LogP contribution is -2.43. The highest BCUT2D eigenvalue weighted by molar-refractivity contribution is 5.79. The van der Waals surface area contributed by atoms with Gasteiger partial charge in [-0.3, -0.25) is 4.79 Å². The van der Waals surface area contributed by atoms with E-state index in [0.717, 1.165) is 18.7 Å². The highest BCUT2D eigenvalue weighted by Gasteiger charge is 2.32. The lowest BCUT2D eigenvalue weighted by molar-refractivity contribution is -0.134. The van der Waals surface area contributed by atoms with Gasteiger partial charge in [0.05, 0.1) is 18.2 Å². The first-order valence-electron chi connectivity index (χ1n) is 8.27. The van der Waals surface area contributed by atoms with Crippen LogP contribution >= 0.6 is 0 Å². The van der Waals surface area contributed by atoms with Gasteiger partial charge in [0, 0.05) is 12.6 Å². The predicted octanol–water partition coefficient (Wildman–Crippen LogP) is 3.62. The summed E-state index contributed by atoms with van der Waals surface area (Å²) in [6, 6.07) is 8.56. The van der Waals surface area contributed by atoms with Crippen LogP contribution in [-0.4, -0.2) is 22.5 Å². The number of benzene rings is 1. The second-order valence-electron chi connectivity index (χ2n) is 6.83. The number of hydrogen-bond donors (Lipinski definition) is 0. The van der Waals surface area contributed by atoms with Crippen LogP contribution in [0.2, 0.25) is 0 Å². The van der Waals surface area contributed by atoms with Crippen LogP contribution in [0.25, 0.3) is 0 Å². The molecular weight excluding hydrogens is 288 g/mol. The number of amides is 1. The smallest absolute Gasteiger partial charge is 0.229 e. The van der Waals surface area contributed by atoms with E-state index in [2.05, 4.69) is 44.1 Å². The summed E-state index contributed by atoms with van der Waals surface area (Å²) in [4.78, 5) is 14.8. The van der Waals surface area contributed by atoms with Crippen molar-refractivity contribution in [2.75, 3.05) is 6.54 Å². The fraction of sp³-hybridized carbons (Fsp3) is 0.474. The maximum atomic E-state index is 12.8. The van der Waals surface area contributed by atoms with E-state index in [9.17, 15) is 4.79 Å². The molecule has 2 heterocycles. The fourth-order valence-corrected chi connectivity index (χ4v) is 3.54. The van der Waals surface area contributed by atoms with E-state index >= 15 is 0 Å². The van der Waals surface area contributed by atoms with Crippen LogP contribution in [-0.2, 0) is 17.6 Å². The minimum Gasteiger partial charge on any atom is -0.361 e. The van der Waals surface area contributed by atoms with Crippen molar-refractivity contribution in [3.05, 3.63) is 52.4 Å². The number of carbonyl (C=O) groups excluding carboxylic acids is 1. The summed E-state index contributed by atoms with van der Waals surface area (Å²) >= 11 is 0. The Balaban J connectivity index is 1.87. The first-order chi connectivity index (χ1) is 11.0. The van der Waals surface area contributed by atoms with Crippen molar-refractivity contribution >= 4 is 5.91 Å². The number of carbonyl (C=O) groups is 1. The molecule has 1 aliphatic rings. The van der Waals surface area contributed by atoms with Gasteiger partial charge >= 0.3 is 0 Å². The summed E-state index contributed by atoms with van der Waals surface area (Å²) in [6.45, 7) is 9.10. The van der Waals surface area contributed by atoms with Gasteiger partial charge in [0.2, 0.25) is 5.91 Å². The van der Waals surface area contributed by atoms with Crippen LogP contribution in [0.15, 0.2) is 28.8 Å². The van der Waals surface area contributed by atoms with Crippen LogP contribution in [0, 0.1) is 19.8 Å². The summed E-state index contributed by atoms with van der Waals surface area (Å²) < 4.78 is 5.08. The summed E-state index contributed by atoms with van der Waals surface area (Å²) in [7, 11) is 0. The quantitative estimate of drug-likeness (QED) is 0.869. The summed E-state index contributed by atoms with van der Waals surface area (Å²) in [5, 5.41) is 3.95. The number of aromatic nitrogens is 1. The molecule has 1 unspecified atom stereocenters. The van der Waals surface area contributed by atoms with Crippen LogP contribution < -0.4 is 0 Å². The van der Waals surface area contributed by atoms with Crippen LogP contribution in [0.1, 0.15) is 48.0 Å². The van der Waals surface area contributed by atoms with E-state index < -0.39 is 0 Å². The molecular formula is C19H24N2O2. The van der Waals surface area contributed by atoms with Gasteiger partial charge < -0.3 is 9.42 Å². The standard InChI is InChI=1S/C19H24N2O2/c1-12(2)19-17-6-5-13(3)9-15(17)7-8-21(19)18(22)11-16-10-14(4)23-20-16/h5-6,9-10,12,19H,7-8,11H2,1-4H3. The monoisotopic (exact) mass is 312 g/mol. The molecule has 1 amide bonds. The Labute approximate surface area is 137 Å². The highest BCUT2D eigenvalue weighted by atomic mass is 16.5. The van der Waals surface area contributed by atoms with E-state index in [0.29, 0.717) is 18.0 Å². The third kappa shape index (κ3) is 3.16. The number of nitrogens with zero attached hydrogens (tertiary/aromatic N) is 2. The second kappa shape index (κ2) is 6.19. The molecule has 0 saturated carbocycles. The maximum Gasteiger partial charge on any atom is 0.229 e. The van der Waals surface area contributed by atoms with Gasteiger partial charge in [-0.25, -0.2) is 0 Å². The third-order valence-corrected chi connectivity index (χ3v) is 4.54. The van der Waals surface area contributed by atoms with Crippen molar-refractivity contribution in [3.63, 3.8) is 0 Å². The number of rotatable bonds is 3. The van der Waals surface area contributed by atoms with E-state index in [1.807, 2.05) is 17.9 Å². The summed E-state index contributed by atoms with van der Waals surface area (Å²) in [6.07, 6.45) is 1.23. The molecule has 0 saturated heterocycles. The van der Waals surface area contributed by atoms with E-state index in [1.165, 1.54) is 16.7 Å². The molecule has 0 bridgehead atoms. The highest BCUT2D eigenvalue weighted by Crippen LogP contribution is 2.36. The molecule has 1 atom stereocenters. The zero-order valence-electron chi connectivity index (χ0n) is 14.3. The topological polar surface area (TPSA) is 46.3 Å². The third-order valence-electron chi connectivity index (χ3n) is 4.54. The van der Waals surface area contributed by atoms with Crippen molar-refractivity contribution in [3.8, 4) is 0 Å². The molecule has 122 valence electrons. The summed E-state index contributed by atoms with van der Waals surface area (Å²) in [5.41, 5.74) is 4.67. The minimum atomic E-state index is 0.128. The van der Waals surface area contributed by atoms with Gasteiger partial charge in [0.25, 0.3) is 0 Å². The van der Waals surface area contributed by atoms with Crippen molar-refractivity contribution in [2.45, 2.75) is 46.6 Å². The lowest BCUT2D eigenvalue weighted by atomic mass is 9.85. The maximum absolute atomic E-state index is 12.8. The molecule has 1 aromatic carbocycles. The largest absolute Gasteiger partial charge is 0.361 e. The Morgan fingerprint density at radius 1 is 1.35 bits per heavy atom. The molecule has 1 aliphatic heterocycles. The Morgan fingerprint density at radius 2 is 2.13 bits per heavy atom. The van der Waals surface area contributed by atoms with Gasteiger partial charge in [0.1, 0.15) is 5.76 Å². The molecule has 3 rings (SSSR count). The molecule has 0 N–H and O–H groups in total. The Kier molecular flexibility index (Phi) is 4.24. The average Bonchev–Trinajstić information content (AvgIpc) is 2.90. The first kappa shape index (κ1) is 15.8. The zero-order chi connectivity index (χ0) is 16.6. The Bertz CT molecular complexity index is 718. The van der Waals surface area contributed by atoms with Crippen LogP contribution in [0.5, 0.6) is 0 Å². The van der Waals surface area contributed by atoms with Crippen molar-refractivity contribution < 1.29 is 9.32 Å². The number of aryl methyl sites for hydroxylation is 2. The second-order valence-corrected chi connectivity index (χ2v) is 6.83. The van der Waals surface area contributed by atoms with Gasteiger partial charge in [-0.1, -0.05) is 42.8 Å². The molecule has 23 heavy (non-hydrogen) atoms. The molecule has 0 fully saturated rings. The van der Waals surface area contributed by atoms with Crippen molar-refractivity contribution in [1.29, 1.82) is 0 Å². The van der Waals surface area contributed by atoms with Gasteiger partial charge in [0.15, 0.2) is 0 Å². The van der Waals surface area contributed by atoms with Gasteiger partial charge in [-0.15, -0.1) is 0 Å². The Hall–Kier alpha value is -2.10. The SMILES string of the molecule is Cc1ccc2c(c1)CCN(C(=O)Cc1cc(C)on1)C2C(C)C. The zero-order valence-corrected chi connectivity index (χ0v) is 14.3. The van der Waals surface area contributed by atoms with Crippen molar-refractivity contribution in [2.24, 2.45) is 5.92 Å². The molecule has 1 aromatic heterocycles. The van der Waals surface area contributed by atoms with E-state index in [1.54, 1.807) is 0 Å². The molecule has 0 radical (unpaired) electrons. The minimum absolute atomic E-state index is 0.128. The van der Waals surface area contributed by atoms with Crippen molar-refractivity contribution in [1.82, 2.24) is 10.1 Å². The van der Waals surface area contributed by atoms with Gasteiger partial charge in [-0.05, 0) is 37.3 Å². The molecule has 0 aliphatic carbocycles. The van der Waals surface area contributed by atoms with Crippen LogP contribution in [0.3, 0.4) is 0 Å². The predicted molar refractivity (Wildman–Crippen MR) is 89.1 cm³/mol. The number of fused-ring (bicyclic) bond motifs is 1.